The summed E-state index contributed by atoms with van der Waals surface area (Å²) in [6.45, 7) is 2.48. The lowest BCUT2D eigenvalue weighted by molar-refractivity contribution is 0.0953. The molecule has 0 spiro atoms. The van der Waals surface area contributed by atoms with Crippen molar-refractivity contribution in [2.45, 2.75) is 19.8 Å². The van der Waals surface area contributed by atoms with E-state index in [9.17, 15) is 10.1 Å². The highest BCUT2D eigenvalue weighted by Crippen LogP contribution is 2.21. The van der Waals surface area contributed by atoms with Crippen molar-refractivity contribution in [3.05, 3.63) is 77.0 Å². The Morgan fingerprint density at radius 1 is 1.19 bits per heavy atom. The van der Waals surface area contributed by atoms with Gasteiger partial charge in [0, 0.05) is 12.1 Å². The second-order valence-electron chi connectivity index (χ2n) is 6.29. The molecule has 1 amide bonds. The predicted molar refractivity (Wildman–Crippen MR) is 105 cm³/mol. The molecule has 6 heteroatoms. The van der Waals surface area contributed by atoms with Crippen LogP contribution in [0.25, 0.3) is 5.69 Å². The molecule has 3 aromatic rings. The maximum absolute atomic E-state index is 12.1. The van der Waals surface area contributed by atoms with E-state index in [1.165, 1.54) is 0 Å². The van der Waals surface area contributed by atoms with E-state index in [0.717, 1.165) is 11.3 Å². The number of rotatable bonds is 6. The molecule has 0 aliphatic heterocycles. The Bertz CT molecular complexity index is 968. The number of nitrogen functional groups attached to an aromatic ring is 1. The molecule has 1 aromatic heterocycles. The molecule has 0 saturated heterocycles. The zero-order valence-corrected chi connectivity index (χ0v) is 15.1. The number of para-hydroxylation sites is 1. The minimum Gasteiger partial charge on any atom is -0.382 e. The fourth-order valence-electron chi connectivity index (χ4n) is 2.81. The number of aromatic nitrogens is 2. The van der Waals surface area contributed by atoms with Crippen LogP contribution in [0.3, 0.4) is 0 Å². The number of nitrogens with zero attached hydrogens (tertiary/aromatic N) is 3. The molecule has 0 saturated carbocycles. The number of carbonyl (C=O) groups excluding carboxylic acids is 1. The van der Waals surface area contributed by atoms with E-state index in [0.29, 0.717) is 42.0 Å². The van der Waals surface area contributed by atoms with Crippen LogP contribution >= 0.6 is 0 Å². The van der Waals surface area contributed by atoms with Crippen molar-refractivity contribution in [1.82, 2.24) is 15.1 Å². The van der Waals surface area contributed by atoms with Crippen LogP contribution in [0.15, 0.2) is 54.6 Å². The second-order valence-corrected chi connectivity index (χ2v) is 6.29. The van der Waals surface area contributed by atoms with Crippen LogP contribution in [0.2, 0.25) is 0 Å². The van der Waals surface area contributed by atoms with Crippen molar-refractivity contribution in [2.75, 3.05) is 12.3 Å². The molecule has 27 heavy (non-hydrogen) atoms. The number of hydrogen-bond acceptors (Lipinski definition) is 4. The summed E-state index contributed by atoms with van der Waals surface area (Å²) in [4.78, 5) is 12.1. The number of nitriles is 1. The molecule has 0 fully saturated rings. The number of aryl methyl sites for hydroxylation is 2. The zero-order valence-electron chi connectivity index (χ0n) is 15.1. The van der Waals surface area contributed by atoms with E-state index in [1.807, 2.05) is 49.4 Å². The van der Waals surface area contributed by atoms with Crippen LogP contribution in [0, 0.1) is 18.3 Å². The van der Waals surface area contributed by atoms with Gasteiger partial charge >= 0.3 is 0 Å². The Morgan fingerprint density at radius 3 is 2.56 bits per heavy atom. The van der Waals surface area contributed by atoms with Gasteiger partial charge < -0.3 is 11.1 Å². The normalized spacial score (nSPS) is 10.4. The summed E-state index contributed by atoms with van der Waals surface area (Å²) < 4.78 is 1.58. The quantitative estimate of drug-likeness (QED) is 0.661. The lowest BCUT2D eigenvalue weighted by Gasteiger charge is -2.05. The minimum absolute atomic E-state index is 0.107. The summed E-state index contributed by atoms with van der Waals surface area (Å²) in [5, 5.41) is 16.8. The molecule has 0 bridgehead atoms. The minimum atomic E-state index is -0.107. The first kappa shape index (κ1) is 18.2. The second kappa shape index (κ2) is 8.19. The zero-order chi connectivity index (χ0) is 19.2. The van der Waals surface area contributed by atoms with Crippen LogP contribution in [0.1, 0.15) is 33.6 Å². The highest BCUT2D eigenvalue weighted by molar-refractivity contribution is 5.94. The molecular weight excluding hydrogens is 338 g/mol. The molecule has 2 aromatic carbocycles. The Balaban J connectivity index is 1.62. The molecule has 0 unspecified atom stereocenters. The summed E-state index contributed by atoms with van der Waals surface area (Å²) in [6, 6.07) is 19.0. The summed E-state index contributed by atoms with van der Waals surface area (Å²) in [7, 11) is 0. The third-order valence-corrected chi connectivity index (χ3v) is 4.30. The first-order chi connectivity index (χ1) is 13.1. The van der Waals surface area contributed by atoms with Gasteiger partial charge in [-0.15, -0.1) is 0 Å². The van der Waals surface area contributed by atoms with Crippen molar-refractivity contribution in [1.29, 1.82) is 5.26 Å². The average Bonchev–Trinajstić information content (AvgIpc) is 3.01. The van der Waals surface area contributed by atoms with E-state index in [1.54, 1.807) is 16.8 Å². The van der Waals surface area contributed by atoms with E-state index in [-0.39, 0.29) is 5.91 Å². The van der Waals surface area contributed by atoms with Gasteiger partial charge in [0.05, 0.1) is 11.4 Å². The van der Waals surface area contributed by atoms with Gasteiger partial charge in [-0.2, -0.15) is 10.4 Å². The molecule has 0 atom stereocenters. The van der Waals surface area contributed by atoms with Crippen molar-refractivity contribution >= 4 is 11.7 Å². The third-order valence-electron chi connectivity index (χ3n) is 4.30. The van der Waals surface area contributed by atoms with Gasteiger partial charge in [-0.05, 0) is 44.0 Å². The molecule has 1 heterocycles. The number of nitrogens with two attached hydrogens (primary N) is 1. The fourth-order valence-corrected chi connectivity index (χ4v) is 2.81. The highest BCUT2D eigenvalue weighted by atomic mass is 16.1. The van der Waals surface area contributed by atoms with Gasteiger partial charge in [0.2, 0.25) is 0 Å². The van der Waals surface area contributed by atoms with Crippen molar-refractivity contribution in [3.63, 3.8) is 0 Å². The summed E-state index contributed by atoms with van der Waals surface area (Å²) in [5.41, 5.74) is 9.69. The number of hydrogen-bond donors (Lipinski definition) is 2. The van der Waals surface area contributed by atoms with Gasteiger partial charge in [-0.3, -0.25) is 4.79 Å². The summed E-state index contributed by atoms with van der Waals surface area (Å²) >= 11 is 0. The maximum Gasteiger partial charge on any atom is 0.251 e. The van der Waals surface area contributed by atoms with Gasteiger partial charge in [0.15, 0.2) is 0 Å². The number of amides is 1. The van der Waals surface area contributed by atoms with E-state index in [4.69, 9.17) is 5.73 Å². The van der Waals surface area contributed by atoms with Crippen molar-refractivity contribution in [3.8, 4) is 11.8 Å². The predicted octanol–water partition coefficient (Wildman–Crippen LogP) is 3.00. The Kier molecular flexibility index (Phi) is 5.53. The Labute approximate surface area is 158 Å². The standard InChI is InChI=1S/C21H21N5O/c1-15-9-11-16(12-10-15)21(27)24-13-5-8-19-18(14-22)20(23)26(25-19)17-6-3-2-4-7-17/h2-4,6-7,9-12H,5,8,13,23H2,1H3,(H,24,27). The van der Waals surface area contributed by atoms with Crippen LogP contribution < -0.4 is 11.1 Å². The van der Waals surface area contributed by atoms with Crippen LogP contribution in [-0.2, 0) is 6.42 Å². The molecule has 136 valence electrons. The number of nitrogens with one attached hydrogen (secondary N) is 1. The fraction of sp³-hybridized carbons (Fsp3) is 0.190. The Hall–Kier alpha value is -3.59. The largest absolute Gasteiger partial charge is 0.382 e. The first-order valence-corrected chi connectivity index (χ1v) is 8.78. The first-order valence-electron chi connectivity index (χ1n) is 8.78. The molecule has 0 aliphatic carbocycles. The maximum atomic E-state index is 12.1. The van der Waals surface area contributed by atoms with Crippen LogP contribution in [0.4, 0.5) is 5.82 Å². The SMILES string of the molecule is Cc1ccc(C(=O)NCCCc2nn(-c3ccccc3)c(N)c2C#N)cc1. The van der Waals surface area contributed by atoms with Gasteiger partial charge in [-0.1, -0.05) is 35.9 Å². The molecule has 6 nitrogen and oxygen atoms in total. The monoisotopic (exact) mass is 359 g/mol. The number of carbonyl (C=O) groups is 1. The van der Waals surface area contributed by atoms with Gasteiger partial charge in [-0.25, -0.2) is 4.68 Å². The summed E-state index contributed by atoms with van der Waals surface area (Å²) in [6.07, 6.45) is 1.22. The van der Waals surface area contributed by atoms with Crippen LogP contribution in [0.5, 0.6) is 0 Å². The molecule has 0 aliphatic rings. The van der Waals surface area contributed by atoms with E-state index >= 15 is 0 Å². The third kappa shape index (κ3) is 4.15. The van der Waals surface area contributed by atoms with Gasteiger partial charge in [0.25, 0.3) is 5.91 Å². The molecule has 3 rings (SSSR count). The van der Waals surface area contributed by atoms with Crippen molar-refractivity contribution < 1.29 is 4.79 Å². The number of benzene rings is 2. The highest BCUT2D eigenvalue weighted by Gasteiger charge is 2.16. The van der Waals surface area contributed by atoms with Crippen LogP contribution in [-0.4, -0.2) is 22.2 Å². The smallest absolute Gasteiger partial charge is 0.251 e. The number of anilines is 1. The van der Waals surface area contributed by atoms with Gasteiger partial charge in [0.1, 0.15) is 17.5 Å². The lowest BCUT2D eigenvalue weighted by atomic mass is 10.1. The molecule has 0 radical (unpaired) electrons. The Morgan fingerprint density at radius 2 is 1.89 bits per heavy atom. The average molecular weight is 359 g/mol. The lowest BCUT2D eigenvalue weighted by Crippen LogP contribution is -2.24. The summed E-state index contributed by atoms with van der Waals surface area (Å²) in [5.74, 6) is 0.229. The molecule has 3 N–H and O–H groups in total. The van der Waals surface area contributed by atoms with E-state index < -0.39 is 0 Å². The van der Waals surface area contributed by atoms with Crippen molar-refractivity contribution in [2.24, 2.45) is 0 Å². The topological polar surface area (TPSA) is 96.7 Å². The molecular formula is C21H21N5O. The van der Waals surface area contributed by atoms with E-state index in [2.05, 4.69) is 16.5 Å².